The normalized spacial score (nSPS) is 11.1. The summed E-state index contributed by atoms with van der Waals surface area (Å²) in [6, 6.07) is 7.14. The predicted molar refractivity (Wildman–Crippen MR) is 78.2 cm³/mol. The Morgan fingerprint density at radius 3 is 2.21 bits per heavy atom. The number of amides is 1. The van der Waals surface area contributed by atoms with E-state index in [4.69, 9.17) is 0 Å². The van der Waals surface area contributed by atoms with Gasteiger partial charge in [-0.05, 0) is 30.7 Å². The predicted octanol–water partition coefficient (Wildman–Crippen LogP) is 1.88. The summed E-state index contributed by atoms with van der Waals surface area (Å²) in [5.74, 6) is 0.246. The van der Waals surface area contributed by atoms with Crippen molar-refractivity contribution in [2.24, 2.45) is 0 Å². The Kier molecular flexibility index (Phi) is 5.82. The molecule has 1 aromatic carbocycles. The first-order chi connectivity index (χ1) is 8.93. The molecule has 0 aliphatic rings. The van der Waals surface area contributed by atoms with Crippen LogP contribution in [0.4, 0.5) is 11.4 Å². The van der Waals surface area contributed by atoms with E-state index in [0.717, 1.165) is 11.4 Å². The SMILES string of the molecule is CCCS(=O)(=O)CCNc1ccc(NC(C)=O)cc1. The molecule has 6 heteroatoms. The number of hydrogen-bond donors (Lipinski definition) is 2. The molecule has 0 atom stereocenters. The number of carbonyl (C=O) groups is 1. The van der Waals surface area contributed by atoms with Gasteiger partial charge in [0.1, 0.15) is 0 Å². The lowest BCUT2D eigenvalue weighted by atomic mass is 10.3. The Morgan fingerprint density at radius 1 is 1.11 bits per heavy atom. The summed E-state index contributed by atoms with van der Waals surface area (Å²) in [6.45, 7) is 3.69. The first-order valence-electron chi connectivity index (χ1n) is 6.25. The van der Waals surface area contributed by atoms with Crippen LogP contribution in [-0.2, 0) is 14.6 Å². The molecule has 5 nitrogen and oxygen atoms in total. The molecule has 0 unspecified atom stereocenters. The molecule has 0 aliphatic carbocycles. The van der Waals surface area contributed by atoms with Crippen LogP contribution in [0, 0.1) is 0 Å². The molecule has 19 heavy (non-hydrogen) atoms. The van der Waals surface area contributed by atoms with Gasteiger partial charge in [-0.15, -0.1) is 0 Å². The number of sulfone groups is 1. The van der Waals surface area contributed by atoms with Gasteiger partial charge in [-0.1, -0.05) is 6.92 Å². The van der Waals surface area contributed by atoms with Crippen LogP contribution in [0.2, 0.25) is 0 Å². The Bertz CT molecular complexity index is 509. The Hall–Kier alpha value is -1.56. The lowest BCUT2D eigenvalue weighted by Gasteiger charge is -2.08. The van der Waals surface area contributed by atoms with Gasteiger partial charge in [0.15, 0.2) is 9.84 Å². The molecule has 0 saturated carbocycles. The highest BCUT2D eigenvalue weighted by Crippen LogP contribution is 2.13. The van der Waals surface area contributed by atoms with Crippen molar-refractivity contribution in [3.05, 3.63) is 24.3 Å². The largest absolute Gasteiger partial charge is 0.384 e. The average Bonchev–Trinajstić information content (AvgIpc) is 2.30. The minimum absolute atomic E-state index is 0.119. The molecular formula is C13H20N2O3S. The van der Waals surface area contributed by atoms with Crippen LogP contribution in [0.3, 0.4) is 0 Å². The third-order valence-corrected chi connectivity index (χ3v) is 4.32. The Balaban J connectivity index is 2.44. The van der Waals surface area contributed by atoms with Gasteiger partial charge in [0.2, 0.25) is 5.91 Å². The molecule has 2 N–H and O–H groups in total. The van der Waals surface area contributed by atoms with Crippen LogP contribution in [0.1, 0.15) is 20.3 Å². The standard InChI is InChI=1S/C13H20N2O3S/c1-3-9-19(17,18)10-8-14-12-4-6-13(7-5-12)15-11(2)16/h4-7,14H,3,8-10H2,1-2H3,(H,15,16). The number of hydrogen-bond acceptors (Lipinski definition) is 4. The van der Waals surface area contributed by atoms with Gasteiger partial charge >= 0.3 is 0 Å². The smallest absolute Gasteiger partial charge is 0.221 e. The quantitative estimate of drug-likeness (QED) is 0.801. The van der Waals surface area contributed by atoms with Crippen molar-refractivity contribution < 1.29 is 13.2 Å². The van der Waals surface area contributed by atoms with Crippen molar-refractivity contribution in [2.45, 2.75) is 20.3 Å². The van der Waals surface area contributed by atoms with Gasteiger partial charge in [0, 0.05) is 30.6 Å². The van der Waals surface area contributed by atoms with Crippen LogP contribution in [0.15, 0.2) is 24.3 Å². The van der Waals surface area contributed by atoms with E-state index in [-0.39, 0.29) is 17.4 Å². The highest BCUT2D eigenvalue weighted by Gasteiger charge is 2.08. The second-order valence-electron chi connectivity index (χ2n) is 4.34. The fourth-order valence-electron chi connectivity index (χ4n) is 1.64. The van der Waals surface area contributed by atoms with E-state index in [1.165, 1.54) is 6.92 Å². The van der Waals surface area contributed by atoms with E-state index in [9.17, 15) is 13.2 Å². The summed E-state index contributed by atoms with van der Waals surface area (Å²) in [4.78, 5) is 10.8. The van der Waals surface area contributed by atoms with Crippen LogP contribution >= 0.6 is 0 Å². The van der Waals surface area contributed by atoms with Crippen molar-refractivity contribution >= 4 is 27.1 Å². The van der Waals surface area contributed by atoms with E-state index in [1.807, 2.05) is 6.92 Å². The van der Waals surface area contributed by atoms with Crippen molar-refractivity contribution in [3.63, 3.8) is 0 Å². The molecule has 0 fully saturated rings. The van der Waals surface area contributed by atoms with Gasteiger partial charge < -0.3 is 10.6 Å². The maximum absolute atomic E-state index is 11.5. The molecule has 1 aromatic rings. The van der Waals surface area contributed by atoms with Crippen molar-refractivity contribution in [1.29, 1.82) is 0 Å². The summed E-state index contributed by atoms with van der Waals surface area (Å²) >= 11 is 0. The highest BCUT2D eigenvalue weighted by atomic mass is 32.2. The van der Waals surface area contributed by atoms with Crippen LogP contribution in [-0.4, -0.2) is 32.4 Å². The van der Waals surface area contributed by atoms with Gasteiger partial charge in [0.25, 0.3) is 0 Å². The third-order valence-electron chi connectivity index (χ3n) is 2.46. The van der Waals surface area contributed by atoms with Crippen molar-refractivity contribution in [2.75, 3.05) is 28.7 Å². The van der Waals surface area contributed by atoms with Crippen LogP contribution in [0.25, 0.3) is 0 Å². The Morgan fingerprint density at radius 2 is 1.68 bits per heavy atom. The minimum atomic E-state index is -2.95. The van der Waals surface area contributed by atoms with Crippen molar-refractivity contribution in [1.82, 2.24) is 0 Å². The maximum Gasteiger partial charge on any atom is 0.221 e. The fourth-order valence-corrected chi connectivity index (χ4v) is 2.88. The molecule has 0 saturated heterocycles. The molecule has 1 amide bonds. The molecule has 0 spiro atoms. The topological polar surface area (TPSA) is 75.3 Å². The zero-order chi connectivity index (χ0) is 14.3. The number of anilines is 2. The van der Waals surface area contributed by atoms with Gasteiger partial charge in [0.05, 0.1) is 5.75 Å². The van der Waals surface area contributed by atoms with Gasteiger partial charge in [-0.2, -0.15) is 0 Å². The first kappa shape index (κ1) is 15.5. The van der Waals surface area contributed by atoms with Crippen molar-refractivity contribution in [3.8, 4) is 0 Å². The van der Waals surface area contributed by atoms with E-state index in [2.05, 4.69) is 10.6 Å². The molecule has 0 heterocycles. The minimum Gasteiger partial charge on any atom is -0.384 e. The summed E-state index contributed by atoms with van der Waals surface area (Å²) in [5.41, 5.74) is 1.55. The van der Waals surface area contributed by atoms with E-state index >= 15 is 0 Å². The lowest BCUT2D eigenvalue weighted by molar-refractivity contribution is -0.114. The molecule has 106 valence electrons. The summed E-state index contributed by atoms with van der Waals surface area (Å²) in [5, 5.41) is 5.71. The molecule has 1 rings (SSSR count). The fraction of sp³-hybridized carbons (Fsp3) is 0.462. The summed E-state index contributed by atoms with van der Waals surface area (Å²) in [6.07, 6.45) is 0.647. The monoisotopic (exact) mass is 284 g/mol. The maximum atomic E-state index is 11.5. The van der Waals surface area contributed by atoms with Gasteiger partial charge in [-0.3, -0.25) is 4.79 Å². The van der Waals surface area contributed by atoms with Crippen LogP contribution < -0.4 is 10.6 Å². The summed E-state index contributed by atoms with van der Waals surface area (Å²) < 4.78 is 23.0. The Labute approximate surface area is 114 Å². The van der Waals surface area contributed by atoms with E-state index in [1.54, 1.807) is 24.3 Å². The first-order valence-corrected chi connectivity index (χ1v) is 8.07. The summed E-state index contributed by atoms with van der Waals surface area (Å²) in [7, 11) is -2.95. The third kappa shape index (κ3) is 6.24. The van der Waals surface area contributed by atoms with Crippen LogP contribution in [0.5, 0.6) is 0 Å². The molecule has 0 radical (unpaired) electrons. The molecular weight excluding hydrogens is 264 g/mol. The molecule has 0 aliphatic heterocycles. The van der Waals surface area contributed by atoms with Gasteiger partial charge in [-0.25, -0.2) is 8.42 Å². The second-order valence-corrected chi connectivity index (χ2v) is 6.64. The lowest BCUT2D eigenvalue weighted by Crippen LogP contribution is -2.18. The number of rotatable bonds is 7. The highest BCUT2D eigenvalue weighted by molar-refractivity contribution is 7.91. The van der Waals surface area contributed by atoms with E-state index in [0.29, 0.717) is 13.0 Å². The van der Waals surface area contributed by atoms with E-state index < -0.39 is 9.84 Å². The average molecular weight is 284 g/mol. The zero-order valence-corrected chi connectivity index (χ0v) is 12.1. The number of carbonyl (C=O) groups excluding carboxylic acids is 1. The molecule has 0 bridgehead atoms. The number of benzene rings is 1. The zero-order valence-electron chi connectivity index (χ0n) is 11.3. The number of nitrogens with one attached hydrogen (secondary N) is 2. The second kappa shape index (κ2) is 7.13. The molecule has 0 aromatic heterocycles.